The Morgan fingerprint density at radius 2 is 2.38 bits per heavy atom. The molecule has 0 aliphatic heterocycles. The Hall–Kier alpha value is -1.49. The monoisotopic (exact) mass is 221 g/mol. The van der Waals surface area contributed by atoms with E-state index in [2.05, 4.69) is 15.3 Å². The van der Waals surface area contributed by atoms with Crippen molar-refractivity contribution in [2.45, 2.75) is 25.9 Å². The first kappa shape index (κ1) is 11.0. The summed E-state index contributed by atoms with van der Waals surface area (Å²) in [6, 6.07) is 1.78. The Balaban J connectivity index is 2.00. The number of hydrogen-bond donors (Lipinski definition) is 1. The summed E-state index contributed by atoms with van der Waals surface area (Å²) >= 11 is 0. The Morgan fingerprint density at radius 1 is 1.62 bits per heavy atom. The number of carbonyl (C=O) groups is 1. The fourth-order valence-electron chi connectivity index (χ4n) is 1.60. The van der Waals surface area contributed by atoms with Crippen molar-refractivity contribution >= 4 is 11.9 Å². The molecule has 1 aliphatic carbocycles. The number of nitrogens with zero attached hydrogens (tertiary/aromatic N) is 2. The van der Waals surface area contributed by atoms with Crippen LogP contribution < -0.4 is 5.32 Å². The van der Waals surface area contributed by atoms with E-state index in [0.717, 1.165) is 18.5 Å². The van der Waals surface area contributed by atoms with Gasteiger partial charge in [0, 0.05) is 19.0 Å². The molecule has 1 fully saturated rings. The molecule has 1 atom stereocenters. The molecular formula is C11H15N3O2. The highest BCUT2D eigenvalue weighted by atomic mass is 16.5. The lowest BCUT2D eigenvalue weighted by Crippen LogP contribution is -2.32. The molecule has 86 valence electrons. The van der Waals surface area contributed by atoms with E-state index in [-0.39, 0.29) is 12.0 Å². The van der Waals surface area contributed by atoms with Crippen molar-refractivity contribution in [3.8, 4) is 0 Å². The van der Waals surface area contributed by atoms with Gasteiger partial charge in [-0.15, -0.1) is 0 Å². The lowest BCUT2D eigenvalue weighted by Gasteiger charge is -2.13. The molecule has 1 amide bonds. The average molecular weight is 221 g/mol. The lowest BCUT2D eigenvalue weighted by molar-refractivity contribution is -0.126. The first-order valence-corrected chi connectivity index (χ1v) is 5.34. The maximum atomic E-state index is 11.8. The summed E-state index contributed by atoms with van der Waals surface area (Å²) in [6.45, 7) is 1.85. The maximum Gasteiger partial charge on any atom is 0.256 e. The summed E-state index contributed by atoms with van der Waals surface area (Å²) in [5.74, 6) is 0.540. The molecule has 1 saturated carbocycles. The van der Waals surface area contributed by atoms with Gasteiger partial charge in [-0.25, -0.2) is 9.97 Å². The SMILES string of the molecule is CO[C@@H](C(=O)Nc1nccc(C)n1)C1CC1. The number of methoxy groups -OCH3 is 1. The van der Waals surface area contributed by atoms with E-state index in [9.17, 15) is 4.79 Å². The highest BCUT2D eigenvalue weighted by Gasteiger charge is 2.36. The van der Waals surface area contributed by atoms with Crippen LogP contribution in [-0.4, -0.2) is 29.1 Å². The number of anilines is 1. The molecule has 1 aromatic heterocycles. The van der Waals surface area contributed by atoms with Crippen molar-refractivity contribution in [1.29, 1.82) is 0 Å². The van der Waals surface area contributed by atoms with Crippen LogP contribution in [0.1, 0.15) is 18.5 Å². The normalized spacial score (nSPS) is 16.9. The number of carbonyl (C=O) groups excluding carboxylic acids is 1. The van der Waals surface area contributed by atoms with Gasteiger partial charge in [-0.3, -0.25) is 10.1 Å². The summed E-state index contributed by atoms with van der Waals surface area (Å²) in [7, 11) is 1.56. The summed E-state index contributed by atoms with van der Waals surface area (Å²) in [6.07, 6.45) is 3.36. The molecular weight excluding hydrogens is 206 g/mol. The highest BCUT2D eigenvalue weighted by Crippen LogP contribution is 2.34. The van der Waals surface area contributed by atoms with E-state index in [4.69, 9.17) is 4.74 Å². The molecule has 16 heavy (non-hydrogen) atoms. The van der Waals surface area contributed by atoms with Gasteiger partial charge in [0.1, 0.15) is 6.10 Å². The summed E-state index contributed by atoms with van der Waals surface area (Å²) in [4.78, 5) is 19.9. The minimum absolute atomic E-state index is 0.157. The second-order valence-corrected chi connectivity index (χ2v) is 4.00. The van der Waals surface area contributed by atoms with Crippen LogP contribution in [0.5, 0.6) is 0 Å². The van der Waals surface area contributed by atoms with Gasteiger partial charge in [0.2, 0.25) is 5.95 Å². The van der Waals surface area contributed by atoms with E-state index in [1.54, 1.807) is 19.4 Å². The van der Waals surface area contributed by atoms with Crippen molar-refractivity contribution in [1.82, 2.24) is 9.97 Å². The van der Waals surface area contributed by atoms with Gasteiger partial charge < -0.3 is 4.74 Å². The molecule has 5 nitrogen and oxygen atoms in total. The highest BCUT2D eigenvalue weighted by molar-refractivity contribution is 5.93. The van der Waals surface area contributed by atoms with Crippen molar-refractivity contribution in [2.24, 2.45) is 5.92 Å². The number of rotatable bonds is 4. The molecule has 0 bridgehead atoms. The molecule has 1 aromatic rings. The fourth-order valence-corrected chi connectivity index (χ4v) is 1.60. The molecule has 1 N–H and O–H groups in total. The number of nitrogens with one attached hydrogen (secondary N) is 1. The maximum absolute atomic E-state index is 11.8. The van der Waals surface area contributed by atoms with E-state index >= 15 is 0 Å². The average Bonchev–Trinajstić information content (AvgIpc) is 3.03. The molecule has 0 radical (unpaired) electrons. The van der Waals surface area contributed by atoms with Gasteiger partial charge in [0.15, 0.2) is 0 Å². The molecule has 0 saturated heterocycles. The summed E-state index contributed by atoms with van der Waals surface area (Å²) in [5, 5.41) is 2.67. The van der Waals surface area contributed by atoms with Crippen LogP contribution in [0.2, 0.25) is 0 Å². The molecule has 0 spiro atoms. The minimum Gasteiger partial charge on any atom is -0.371 e. The van der Waals surface area contributed by atoms with Crippen LogP contribution >= 0.6 is 0 Å². The van der Waals surface area contributed by atoms with Crippen LogP contribution in [0.25, 0.3) is 0 Å². The van der Waals surface area contributed by atoms with Crippen molar-refractivity contribution in [3.63, 3.8) is 0 Å². The topological polar surface area (TPSA) is 64.1 Å². The molecule has 0 aromatic carbocycles. The molecule has 1 heterocycles. The smallest absolute Gasteiger partial charge is 0.256 e. The predicted molar refractivity (Wildman–Crippen MR) is 58.9 cm³/mol. The zero-order chi connectivity index (χ0) is 11.5. The Kier molecular flexibility index (Phi) is 3.14. The Bertz CT molecular complexity index is 391. The molecule has 0 unspecified atom stereocenters. The summed E-state index contributed by atoms with van der Waals surface area (Å²) < 4.78 is 5.17. The fraction of sp³-hybridized carbons (Fsp3) is 0.545. The third-order valence-electron chi connectivity index (χ3n) is 2.59. The van der Waals surface area contributed by atoms with E-state index in [0.29, 0.717) is 11.9 Å². The van der Waals surface area contributed by atoms with Gasteiger partial charge in [-0.05, 0) is 31.7 Å². The number of aromatic nitrogens is 2. The van der Waals surface area contributed by atoms with Crippen molar-refractivity contribution in [3.05, 3.63) is 18.0 Å². The van der Waals surface area contributed by atoms with Gasteiger partial charge in [0.05, 0.1) is 0 Å². The largest absolute Gasteiger partial charge is 0.371 e. The number of amides is 1. The second kappa shape index (κ2) is 4.57. The molecule has 5 heteroatoms. The number of hydrogen-bond acceptors (Lipinski definition) is 4. The van der Waals surface area contributed by atoms with E-state index in [1.807, 2.05) is 6.92 Å². The van der Waals surface area contributed by atoms with E-state index in [1.165, 1.54) is 0 Å². The number of aryl methyl sites for hydroxylation is 1. The van der Waals surface area contributed by atoms with Crippen molar-refractivity contribution in [2.75, 3.05) is 12.4 Å². The van der Waals surface area contributed by atoms with Gasteiger partial charge >= 0.3 is 0 Å². The molecule has 1 aliphatic rings. The van der Waals surface area contributed by atoms with Crippen LogP contribution in [0.4, 0.5) is 5.95 Å². The standard InChI is InChI=1S/C11H15N3O2/c1-7-5-6-12-11(13-7)14-10(15)9(16-2)8-3-4-8/h5-6,8-9H,3-4H2,1-2H3,(H,12,13,14,15)/t9-/m1/s1. The lowest BCUT2D eigenvalue weighted by atomic mass is 10.2. The quantitative estimate of drug-likeness (QED) is 0.828. The predicted octanol–water partition coefficient (Wildman–Crippen LogP) is 1.15. The second-order valence-electron chi connectivity index (χ2n) is 4.00. The third kappa shape index (κ3) is 2.55. The van der Waals surface area contributed by atoms with E-state index < -0.39 is 0 Å². The number of ether oxygens (including phenoxy) is 1. The first-order valence-electron chi connectivity index (χ1n) is 5.34. The van der Waals surface area contributed by atoms with Crippen LogP contribution in [0, 0.1) is 12.8 Å². The zero-order valence-electron chi connectivity index (χ0n) is 9.43. The molecule has 2 rings (SSSR count). The van der Waals surface area contributed by atoms with Gasteiger partial charge in [-0.2, -0.15) is 0 Å². The Labute approximate surface area is 94.2 Å². The minimum atomic E-state index is -0.371. The van der Waals surface area contributed by atoms with Crippen molar-refractivity contribution < 1.29 is 9.53 Å². The van der Waals surface area contributed by atoms with Crippen LogP contribution in [0.15, 0.2) is 12.3 Å². The van der Waals surface area contributed by atoms with Crippen LogP contribution in [0.3, 0.4) is 0 Å². The zero-order valence-corrected chi connectivity index (χ0v) is 9.43. The third-order valence-corrected chi connectivity index (χ3v) is 2.59. The summed E-state index contributed by atoms with van der Waals surface area (Å²) in [5.41, 5.74) is 0.825. The van der Waals surface area contributed by atoms with Crippen LogP contribution in [-0.2, 0) is 9.53 Å². The Morgan fingerprint density at radius 3 is 2.94 bits per heavy atom. The van der Waals surface area contributed by atoms with Gasteiger partial charge in [-0.1, -0.05) is 0 Å². The first-order chi connectivity index (χ1) is 7.70. The van der Waals surface area contributed by atoms with Gasteiger partial charge in [0.25, 0.3) is 5.91 Å².